The Labute approximate surface area is 422 Å². The minimum Gasteiger partial charge on any atom is -0.493 e. The maximum atomic E-state index is 14.3. The van der Waals surface area contributed by atoms with E-state index in [-0.39, 0.29) is 61.2 Å². The Morgan fingerprint density at radius 1 is 0.708 bits per heavy atom. The largest absolute Gasteiger partial charge is 0.493 e. The number of esters is 1. The van der Waals surface area contributed by atoms with Gasteiger partial charge in [0.05, 0.1) is 71.7 Å². The van der Waals surface area contributed by atoms with Crippen molar-refractivity contribution in [1.29, 1.82) is 0 Å². The van der Waals surface area contributed by atoms with Crippen molar-refractivity contribution in [3.05, 3.63) is 130 Å². The highest BCUT2D eigenvalue weighted by Crippen LogP contribution is 2.45. The van der Waals surface area contributed by atoms with E-state index in [9.17, 15) is 14.4 Å². The predicted molar refractivity (Wildman–Crippen MR) is 276 cm³/mol. The number of benzene rings is 5. The van der Waals surface area contributed by atoms with Crippen LogP contribution in [0.2, 0.25) is 0 Å². The van der Waals surface area contributed by atoms with Gasteiger partial charge in [0.2, 0.25) is 0 Å². The van der Waals surface area contributed by atoms with E-state index in [4.69, 9.17) is 37.9 Å². The number of rotatable bonds is 22. The highest BCUT2D eigenvalue weighted by molar-refractivity contribution is 6.12. The Morgan fingerprint density at radius 3 is 2.10 bits per heavy atom. The highest BCUT2D eigenvalue weighted by Gasteiger charge is 2.39. The van der Waals surface area contributed by atoms with Crippen LogP contribution in [0.4, 0.5) is 22.7 Å². The third kappa shape index (κ3) is 11.1. The molecule has 3 heterocycles. The van der Waals surface area contributed by atoms with E-state index in [0.717, 1.165) is 53.0 Å². The number of amides is 1. The molecule has 3 aliphatic heterocycles. The van der Waals surface area contributed by atoms with Gasteiger partial charge in [-0.1, -0.05) is 49.4 Å². The fourth-order valence-electron chi connectivity index (χ4n) is 10.6. The van der Waals surface area contributed by atoms with Crippen molar-refractivity contribution < 1.29 is 52.3 Å². The molecule has 15 nitrogen and oxygen atoms in total. The molecule has 0 radical (unpaired) electrons. The molecule has 0 saturated carbocycles. The first-order valence-electron chi connectivity index (χ1n) is 25.0. The monoisotopic (exact) mass is 982 g/mol. The van der Waals surface area contributed by atoms with E-state index in [0.29, 0.717) is 98.9 Å². The summed E-state index contributed by atoms with van der Waals surface area (Å²) in [4.78, 5) is 44.8. The Bertz CT molecular complexity index is 2750. The number of nitrogens with zero attached hydrogens (tertiary/aromatic N) is 2. The summed E-state index contributed by atoms with van der Waals surface area (Å²) in [5, 5.41) is 7.26. The van der Waals surface area contributed by atoms with Crippen LogP contribution in [0.3, 0.4) is 0 Å². The van der Waals surface area contributed by atoms with E-state index < -0.39 is 0 Å². The Kier molecular flexibility index (Phi) is 16.1. The molecule has 4 unspecified atom stereocenters. The molecule has 15 heteroatoms. The molecule has 0 fully saturated rings. The van der Waals surface area contributed by atoms with Gasteiger partial charge in [-0.25, -0.2) is 0 Å². The van der Waals surface area contributed by atoms with Gasteiger partial charge in [-0.2, -0.15) is 0 Å². The topological polar surface area (TPSA) is 156 Å². The molecule has 9 rings (SSSR count). The van der Waals surface area contributed by atoms with Gasteiger partial charge in [-0.15, -0.1) is 0 Å². The third-order valence-electron chi connectivity index (χ3n) is 14.3. The van der Waals surface area contributed by atoms with E-state index in [1.165, 1.54) is 18.2 Å². The van der Waals surface area contributed by atoms with E-state index in [2.05, 4.69) is 58.0 Å². The number of methoxy groups -OCH3 is 4. The zero-order valence-electron chi connectivity index (χ0n) is 42.0. The standard InChI is InChI=1S/C57H66N4O11/c1-36-45-28-41(26-39-11-6-8-13-44(39)45)59-49-32-54(51(66-3)29-46(49)56(36)63)72-35-38-23-37(24-42(25-38)60(16-10-15-55(62)68-5)17-18-69-21-22-70-20-19-65-2)34-71-53-31-48-47(30-52(53)67-4)57(64)61-43(33-58-48)27-40-12-7-9-14-50(40)61/h6-9,11-14,23-25,29-32,36,41,43,45,58-59H,10,15-22,26-28,33-35H2,1-5H3. The molecule has 0 spiro atoms. The predicted octanol–water partition coefficient (Wildman–Crippen LogP) is 8.64. The van der Waals surface area contributed by atoms with Crippen LogP contribution in [0.15, 0.2) is 91.0 Å². The Hall–Kier alpha value is -6.81. The van der Waals surface area contributed by atoms with Crippen molar-refractivity contribution in [2.75, 3.05) is 102 Å². The summed E-state index contributed by atoms with van der Waals surface area (Å²) in [5.41, 5.74) is 9.69. The van der Waals surface area contributed by atoms with Crippen LogP contribution in [0, 0.1) is 5.92 Å². The summed E-state index contributed by atoms with van der Waals surface area (Å²) >= 11 is 0. The quantitative estimate of drug-likeness (QED) is 0.0502. The van der Waals surface area contributed by atoms with Gasteiger partial charge in [-0.3, -0.25) is 14.4 Å². The molecular formula is C57H66N4O11. The maximum absolute atomic E-state index is 14.3. The number of anilines is 4. The maximum Gasteiger partial charge on any atom is 0.305 e. The fourth-order valence-corrected chi connectivity index (χ4v) is 10.6. The second kappa shape index (κ2) is 23.2. The molecule has 72 heavy (non-hydrogen) atoms. The third-order valence-corrected chi connectivity index (χ3v) is 14.3. The molecule has 4 atom stereocenters. The number of fused-ring (bicyclic) bond motifs is 9. The lowest BCUT2D eigenvalue weighted by Crippen LogP contribution is -2.39. The number of para-hydroxylation sites is 1. The lowest BCUT2D eigenvalue weighted by Gasteiger charge is -2.38. The van der Waals surface area contributed by atoms with Crippen LogP contribution in [0.1, 0.15) is 80.6 Å². The van der Waals surface area contributed by atoms with Crippen LogP contribution in [0.5, 0.6) is 23.0 Å². The van der Waals surface area contributed by atoms with Gasteiger partial charge in [-0.05, 0) is 95.8 Å². The summed E-state index contributed by atoms with van der Waals surface area (Å²) in [7, 11) is 6.19. The second-order valence-corrected chi connectivity index (χ2v) is 18.8. The van der Waals surface area contributed by atoms with Gasteiger partial charge in [0.25, 0.3) is 5.91 Å². The van der Waals surface area contributed by atoms with Crippen LogP contribution >= 0.6 is 0 Å². The summed E-state index contributed by atoms with van der Waals surface area (Å²) in [6, 6.07) is 30.1. The van der Waals surface area contributed by atoms with Gasteiger partial charge in [0, 0.05) is 79.9 Å². The molecule has 380 valence electrons. The first-order chi connectivity index (χ1) is 35.2. The normalized spacial score (nSPS) is 18.4. The molecule has 2 N–H and O–H groups in total. The number of carbonyl (C=O) groups is 3. The van der Waals surface area contributed by atoms with Crippen molar-refractivity contribution in [3.63, 3.8) is 0 Å². The summed E-state index contributed by atoms with van der Waals surface area (Å²) in [6.45, 7) is 6.24. The number of ketones is 1. The first kappa shape index (κ1) is 50.1. The fraction of sp³-hybridized carbons (Fsp3) is 0.421. The van der Waals surface area contributed by atoms with Crippen LogP contribution < -0.4 is 39.4 Å². The molecule has 0 saturated heterocycles. The van der Waals surface area contributed by atoms with Gasteiger partial charge < -0.3 is 58.3 Å². The lowest BCUT2D eigenvalue weighted by molar-refractivity contribution is -0.140. The zero-order chi connectivity index (χ0) is 50.1. The number of ether oxygens (including phenoxy) is 8. The number of hydrogen-bond acceptors (Lipinski definition) is 14. The summed E-state index contributed by atoms with van der Waals surface area (Å²) < 4.78 is 46.8. The average molecular weight is 983 g/mol. The Morgan fingerprint density at radius 2 is 1.38 bits per heavy atom. The highest BCUT2D eigenvalue weighted by atomic mass is 16.5. The smallest absolute Gasteiger partial charge is 0.305 e. The Balaban J connectivity index is 0.994. The van der Waals surface area contributed by atoms with E-state index in [1.54, 1.807) is 27.4 Å². The number of hydrogen-bond donors (Lipinski definition) is 2. The van der Waals surface area contributed by atoms with Crippen LogP contribution in [0.25, 0.3) is 0 Å². The van der Waals surface area contributed by atoms with Crippen molar-refractivity contribution in [2.24, 2.45) is 5.92 Å². The van der Waals surface area contributed by atoms with Crippen LogP contribution in [-0.2, 0) is 49.8 Å². The molecule has 2 bridgehead atoms. The molecule has 1 amide bonds. The molecule has 1 aliphatic carbocycles. The van der Waals surface area contributed by atoms with Gasteiger partial charge in [0.15, 0.2) is 28.8 Å². The second-order valence-electron chi connectivity index (χ2n) is 18.8. The van der Waals surface area contributed by atoms with E-state index in [1.807, 2.05) is 54.3 Å². The molecule has 0 aromatic heterocycles. The summed E-state index contributed by atoms with van der Waals surface area (Å²) in [6.07, 6.45) is 3.28. The minimum atomic E-state index is -0.282. The molecule has 4 aliphatic rings. The first-order valence-corrected chi connectivity index (χ1v) is 25.0. The van der Waals surface area contributed by atoms with Crippen molar-refractivity contribution in [3.8, 4) is 23.0 Å². The minimum absolute atomic E-state index is 0.0214. The molecule has 5 aromatic carbocycles. The van der Waals surface area contributed by atoms with Crippen molar-refractivity contribution >= 4 is 40.4 Å². The van der Waals surface area contributed by atoms with Gasteiger partial charge >= 0.3 is 5.97 Å². The van der Waals surface area contributed by atoms with E-state index >= 15 is 0 Å². The van der Waals surface area contributed by atoms with Gasteiger partial charge in [0.1, 0.15) is 13.2 Å². The average Bonchev–Trinajstić information content (AvgIpc) is 3.72. The molecule has 5 aromatic rings. The van der Waals surface area contributed by atoms with Crippen molar-refractivity contribution in [1.82, 2.24) is 0 Å². The number of Topliss-reactive ketones (excluding diaryl/α,β-unsaturated/α-hetero) is 1. The van der Waals surface area contributed by atoms with Crippen LogP contribution in [-0.4, -0.2) is 111 Å². The van der Waals surface area contributed by atoms with Crippen molar-refractivity contribution in [2.45, 2.75) is 70.2 Å². The summed E-state index contributed by atoms with van der Waals surface area (Å²) in [5.74, 6) is 1.46. The lowest BCUT2D eigenvalue weighted by atomic mass is 9.71. The molecular weight excluding hydrogens is 917 g/mol. The number of nitrogens with one attached hydrogen (secondary N) is 2. The SMILES string of the molecule is COCCOCCOCCN(CCCC(=O)OC)c1cc(COc2cc3c(cc2OC)C(=O)C(C)C2CC(Cc4ccccc42)N3)cc(COc2cc3c(cc2OC)C(=O)N2c4ccccc4CC2CN3)c1. The number of carbonyl (C=O) groups excluding carboxylic acids is 3. The zero-order valence-corrected chi connectivity index (χ0v) is 42.0.